The molecule has 2 rings (SSSR count). The van der Waals surface area contributed by atoms with Crippen molar-refractivity contribution in [1.82, 2.24) is 14.9 Å². The van der Waals surface area contributed by atoms with E-state index < -0.39 is 5.41 Å². The Kier molecular flexibility index (Phi) is 7.58. The quantitative estimate of drug-likeness (QED) is 0.787. The third-order valence-electron chi connectivity index (χ3n) is 4.87. The summed E-state index contributed by atoms with van der Waals surface area (Å²) in [7, 11) is 0. The highest BCUT2D eigenvalue weighted by Gasteiger charge is 2.36. The third-order valence-corrected chi connectivity index (χ3v) is 4.87. The van der Waals surface area contributed by atoms with Crippen molar-refractivity contribution in [1.29, 1.82) is 0 Å². The van der Waals surface area contributed by atoms with Gasteiger partial charge in [-0.1, -0.05) is 26.0 Å². The number of H-pyrrole nitrogens is 1. The molecule has 0 aliphatic carbocycles. The Balaban J connectivity index is 0.00000312. The largest absolute Gasteiger partial charge is 0.335 e. The van der Waals surface area contributed by atoms with E-state index in [0.29, 0.717) is 42.7 Å². The number of amides is 1. The molecule has 3 N–H and O–H groups in total. The molecule has 0 atom stereocenters. The Labute approximate surface area is 154 Å². The van der Waals surface area contributed by atoms with Gasteiger partial charge in [0.1, 0.15) is 5.82 Å². The third kappa shape index (κ3) is 4.19. The number of hydrogen-bond donors (Lipinski definition) is 2. The molecule has 0 aliphatic rings. The van der Waals surface area contributed by atoms with Crippen molar-refractivity contribution in [2.75, 3.05) is 13.1 Å². The van der Waals surface area contributed by atoms with Gasteiger partial charge in [0.05, 0.1) is 22.9 Å². The van der Waals surface area contributed by atoms with E-state index in [1.54, 1.807) is 23.1 Å². The van der Waals surface area contributed by atoms with Crippen molar-refractivity contribution < 1.29 is 4.79 Å². The van der Waals surface area contributed by atoms with Gasteiger partial charge in [-0.3, -0.25) is 9.59 Å². The molecule has 0 saturated heterocycles. The van der Waals surface area contributed by atoms with E-state index >= 15 is 0 Å². The van der Waals surface area contributed by atoms with Crippen LogP contribution in [-0.2, 0) is 11.3 Å². The molecule has 0 radical (unpaired) electrons. The molecular formula is C18H27ClN4O2. The summed E-state index contributed by atoms with van der Waals surface area (Å²) in [6.07, 6.45) is 1.38. The maximum atomic E-state index is 13.0. The second-order valence-corrected chi connectivity index (χ2v) is 6.04. The summed E-state index contributed by atoms with van der Waals surface area (Å²) >= 11 is 0. The van der Waals surface area contributed by atoms with Gasteiger partial charge in [-0.2, -0.15) is 0 Å². The summed E-state index contributed by atoms with van der Waals surface area (Å²) in [5.41, 5.74) is 5.79. The van der Waals surface area contributed by atoms with Crippen LogP contribution in [0.1, 0.15) is 39.4 Å². The van der Waals surface area contributed by atoms with Crippen molar-refractivity contribution in [2.24, 2.45) is 11.1 Å². The number of rotatable bonds is 7. The maximum absolute atomic E-state index is 13.0. The minimum atomic E-state index is -0.548. The maximum Gasteiger partial charge on any atom is 0.258 e. The van der Waals surface area contributed by atoms with Gasteiger partial charge in [-0.15, -0.1) is 12.4 Å². The smallest absolute Gasteiger partial charge is 0.258 e. The zero-order valence-corrected chi connectivity index (χ0v) is 15.9. The molecule has 6 nitrogen and oxygen atoms in total. The Morgan fingerprint density at radius 3 is 2.44 bits per heavy atom. The number of carbonyl (C=O) groups is 1. The molecule has 0 bridgehead atoms. The first kappa shape index (κ1) is 21.1. The van der Waals surface area contributed by atoms with E-state index in [1.165, 1.54) is 0 Å². The second-order valence-electron chi connectivity index (χ2n) is 6.04. The minimum Gasteiger partial charge on any atom is -0.335 e. The first-order valence-corrected chi connectivity index (χ1v) is 8.48. The highest BCUT2D eigenvalue weighted by atomic mass is 35.5. The number of para-hydroxylation sites is 1. The van der Waals surface area contributed by atoms with Crippen LogP contribution in [0, 0.1) is 5.41 Å². The molecular weight excluding hydrogens is 340 g/mol. The molecule has 25 heavy (non-hydrogen) atoms. The number of carbonyl (C=O) groups excluding carboxylic acids is 1. The van der Waals surface area contributed by atoms with Crippen LogP contribution in [0.4, 0.5) is 0 Å². The summed E-state index contributed by atoms with van der Waals surface area (Å²) in [4.78, 5) is 34.1. The lowest BCUT2D eigenvalue weighted by atomic mass is 9.81. The fourth-order valence-corrected chi connectivity index (χ4v) is 2.98. The number of aromatic amines is 1. The van der Waals surface area contributed by atoms with Crippen LogP contribution in [0.25, 0.3) is 10.9 Å². The number of nitrogens with one attached hydrogen (secondary N) is 1. The number of nitrogens with two attached hydrogens (primary N) is 1. The van der Waals surface area contributed by atoms with Gasteiger partial charge >= 0.3 is 0 Å². The first-order chi connectivity index (χ1) is 11.5. The zero-order valence-electron chi connectivity index (χ0n) is 15.0. The fourth-order valence-electron chi connectivity index (χ4n) is 2.98. The van der Waals surface area contributed by atoms with Gasteiger partial charge < -0.3 is 15.6 Å². The molecule has 7 heteroatoms. The summed E-state index contributed by atoms with van der Waals surface area (Å²) in [6.45, 7) is 7.02. The van der Waals surface area contributed by atoms with Gasteiger partial charge in [0.2, 0.25) is 5.91 Å². The Hall–Kier alpha value is -1.92. The Morgan fingerprint density at radius 1 is 1.24 bits per heavy atom. The van der Waals surface area contributed by atoms with Crippen molar-refractivity contribution in [3.05, 3.63) is 40.4 Å². The molecule has 2 aromatic rings. The van der Waals surface area contributed by atoms with Gasteiger partial charge in [0, 0.05) is 13.1 Å². The van der Waals surface area contributed by atoms with Gasteiger partial charge in [0.25, 0.3) is 5.56 Å². The van der Waals surface area contributed by atoms with Gasteiger partial charge in [-0.25, -0.2) is 4.98 Å². The van der Waals surface area contributed by atoms with Gasteiger partial charge in [0.15, 0.2) is 0 Å². The van der Waals surface area contributed by atoms with Crippen LogP contribution >= 0.6 is 12.4 Å². The predicted octanol–water partition coefficient (Wildman–Crippen LogP) is 2.46. The highest BCUT2D eigenvalue weighted by molar-refractivity contribution is 5.85. The van der Waals surface area contributed by atoms with E-state index in [9.17, 15) is 9.59 Å². The molecule has 1 amide bonds. The predicted molar refractivity (Wildman–Crippen MR) is 103 cm³/mol. The number of benzene rings is 1. The average Bonchev–Trinajstić information content (AvgIpc) is 2.61. The van der Waals surface area contributed by atoms with E-state index in [0.717, 1.165) is 0 Å². The number of halogens is 1. The lowest BCUT2D eigenvalue weighted by Crippen LogP contribution is -2.47. The van der Waals surface area contributed by atoms with Crippen LogP contribution in [0.15, 0.2) is 29.1 Å². The van der Waals surface area contributed by atoms with Crippen molar-refractivity contribution in [3.63, 3.8) is 0 Å². The molecule has 0 unspecified atom stereocenters. The molecule has 1 heterocycles. The lowest BCUT2D eigenvalue weighted by molar-refractivity contribution is -0.142. The zero-order chi connectivity index (χ0) is 17.7. The number of nitrogens with zero attached hydrogens (tertiary/aromatic N) is 2. The van der Waals surface area contributed by atoms with E-state index in [-0.39, 0.29) is 30.4 Å². The Morgan fingerprint density at radius 2 is 1.88 bits per heavy atom. The van der Waals surface area contributed by atoms with Crippen LogP contribution < -0.4 is 11.3 Å². The summed E-state index contributed by atoms with van der Waals surface area (Å²) < 4.78 is 0. The molecule has 0 aliphatic heterocycles. The molecule has 0 spiro atoms. The van der Waals surface area contributed by atoms with E-state index in [1.807, 2.05) is 26.8 Å². The second kappa shape index (κ2) is 8.97. The fraction of sp³-hybridized carbons (Fsp3) is 0.500. The summed E-state index contributed by atoms with van der Waals surface area (Å²) in [6, 6.07) is 7.18. The van der Waals surface area contributed by atoms with Gasteiger partial charge in [-0.05, 0) is 31.9 Å². The topological polar surface area (TPSA) is 92.1 Å². The number of fused-ring (bicyclic) bond motifs is 1. The Bertz CT molecular complexity index is 763. The standard InChI is InChI=1S/C18H26N4O2.ClH/c1-4-18(5-2,12-19)17(24)22(6-3)11-15-20-14-10-8-7-9-13(14)16(23)21-15;/h7-10H,4-6,11-12,19H2,1-3H3,(H,20,21,23);1H. The lowest BCUT2D eigenvalue weighted by Gasteiger charge is -2.34. The number of aromatic nitrogens is 2. The monoisotopic (exact) mass is 366 g/mol. The van der Waals surface area contributed by atoms with Crippen molar-refractivity contribution >= 4 is 29.2 Å². The van der Waals surface area contributed by atoms with Crippen LogP contribution in [-0.4, -0.2) is 33.9 Å². The SMILES string of the molecule is CCN(Cc1nc2ccccc2c(=O)[nH]1)C(=O)C(CC)(CC)CN.Cl. The molecule has 0 fully saturated rings. The number of hydrogen-bond acceptors (Lipinski definition) is 4. The molecule has 138 valence electrons. The van der Waals surface area contributed by atoms with E-state index in [4.69, 9.17) is 5.73 Å². The van der Waals surface area contributed by atoms with E-state index in [2.05, 4.69) is 9.97 Å². The first-order valence-electron chi connectivity index (χ1n) is 8.48. The van der Waals surface area contributed by atoms with Crippen molar-refractivity contribution in [2.45, 2.75) is 40.2 Å². The summed E-state index contributed by atoms with van der Waals surface area (Å²) in [5.74, 6) is 0.514. The van der Waals surface area contributed by atoms with Crippen LogP contribution in [0.5, 0.6) is 0 Å². The van der Waals surface area contributed by atoms with Crippen LogP contribution in [0.3, 0.4) is 0 Å². The molecule has 1 aromatic heterocycles. The molecule has 0 saturated carbocycles. The van der Waals surface area contributed by atoms with Crippen molar-refractivity contribution in [3.8, 4) is 0 Å². The average molecular weight is 367 g/mol. The summed E-state index contributed by atoms with van der Waals surface area (Å²) in [5, 5.41) is 0.550. The molecule has 1 aromatic carbocycles. The van der Waals surface area contributed by atoms with Crippen LogP contribution in [0.2, 0.25) is 0 Å². The minimum absolute atomic E-state index is 0. The highest BCUT2D eigenvalue weighted by Crippen LogP contribution is 2.28. The normalized spacial score (nSPS) is 11.2.